The lowest BCUT2D eigenvalue weighted by Crippen LogP contribution is -2.42. The average Bonchev–Trinajstić information content (AvgIpc) is 2.78. The van der Waals surface area contributed by atoms with Gasteiger partial charge in [0.05, 0.1) is 11.3 Å². The minimum Gasteiger partial charge on any atom is -0.388 e. The summed E-state index contributed by atoms with van der Waals surface area (Å²) in [5.41, 5.74) is 0.0257. The van der Waals surface area contributed by atoms with Gasteiger partial charge in [0, 0.05) is 6.54 Å². The molecule has 1 amide bonds. The first-order valence-corrected chi connectivity index (χ1v) is 8.24. The van der Waals surface area contributed by atoms with Gasteiger partial charge in [0.25, 0.3) is 5.91 Å². The zero-order valence-electron chi connectivity index (χ0n) is 12.0. The molecule has 0 spiro atoms. The highest BCUT2D eigenvalue weighted by Crippen LogP contribution is 2.26. The Balaban J connectivity index is 1.92. The van der Waals surface area contributed by atoms with Gasteiger partial charge in [-0.3, -0.25) is 4.79 Å². The van der Waals surface area contributed by atoms with Crippen LogP contribution in [-0.4, -0.2) is 32.7 Å². The molecule has 0 atom stereocenters. The van der Waals surface area contributed by atoms with Gasteiger partial charge in [0.1, 0.15) is 4.88 Å². The molecule has 1 aliphatic rings. The van der Waals surface area contributed by atoms with Crippen LogP contribution in [0.3, 0.4) is 0 Å². The van der Waals surface area contributed by atoms with Gasteiger partial charge in [0.15, 0.2) is 0 Å². The Morgan fingerprint density at radius 3 is 2.70 bits per heavy atom. The van der Waals surface area contributed by atoms with Gasteiger partial charge in [-0.25, -0.2) is 0 Å². The van der Waals surface area contributed by atoms with Gasteiger partial charge >= 0.3 is 0 Å². The molecule has 0 aliphatic heterocycles. The molecule has 2 N–H and O–H groups in total. The molecule has 0 saturated heterocycles. The summed E-state index contributed by atoms with van der Waals surface area (Å²) in [6, 6.07) is 0. The number of amides is 1. The van der Waals surface area contributed by atoms with Gasteiger partial charge in [-0.2, -0.15) is 0 Å². The number of hydrogen-bond acceptors (Lipinski definition) is 5. The third-order valence-corrected chi connectivity index (χ3v) is 4.63. The maximum Gasteiger partial charge on any atom is 0.265 e. The van der Waals surface area contributed by atoms with Crippen LogP contribution in [0.4, 0.5) is 0 Å². The van der Waals surface area contributed by atoms with E-state index in [1.54, 1.807) is 0 Å². The van der Waals surface area contributed by atoms with Crippen LogP contribution in [0.15, 0.2) is 0 Å². The van der Waals surface area contributed by atoms with Crippen LogP contribution in [0.2, 0.25) is 0 Å². The topological polar surface area (TPSA) is 75.1 Å². The molecule has 0 aromatic carbocycles. The van der Waals surface area contributed by atoms with Crippen molar-refractivity contribution in [2.75, 3.05) is 6.54 Å². The lowest BCUT2D eigenvalue weighted by molar-refractivity contribution is 0.0247. The Labute approximate surface area is 123 Å². The van der Waals surface area contributed by atoms with Gasteiger partial charge in [-0.1, -0.05) is 43.5 Å². The number of rotatable bonds is 5. The third kappa shape index (κ3) is 3.99. The van der Waals surface area contributed by atoms with Crippen LogP contribution in [-0.2, 0) is 6.42 Å². The Morgan fingerprint density at radius 2 is 2.05 bits per heavy atom. The predicted molar refractivity (Wildman–Crippen MR) is 78.9 cm³/mol. The Kier molecular flexibility index (Phi) is 5.48. The number of carbonyl (C=O) groups is 1. The van der Waals surface area contributed by atoms with E-state index in [1.165, 1.54) is 12.8 Å². The molecule has 0 bridgehead atoms. The Morgan fingerprint density at radius 1 is 1.35 bits per heavy atom. The first-order valence-electron chi connectivity index (χ1n) is 7.46. The van der Waals surface area contributed by atoms with E-state index in [0.29, 0.717) is 11.4 Å². The maximum absolute atomic E-state index is 12.2. The first-order chi connectivity index (χ1) is 9.64. The number of nitrogens with zero attached hydrogens (tertiary/aromatic N) is 2. The highest BCUT2D eigenvalue weighted by atomic mass is 32.1. The fourth-order valence-corrected chi connectivity index (χ4v) is 3.29. The van der Waals surface area contributed by atoms with Crippen molar-refractivity contribution in [1.82, 2.24) is 14.9 Å². The normalized spacial score (nSPS) is 18.5. The summed E-state index contributed by atoms with van der Waals surface area (Å²) in [5, 5.41) is 17.4. The lowest BCUT2D eigenvalue weighted by atomic mass is 9.94. The van der Waals surface area contributed by atoms with Crippen molar-refractivity contribution in [3.8, 4) is 0 Å². The summed E-state index contributed by atoms with van der Waals surface area (Å²) in [6.07, 6.45) is 7.68. The summed E-state index contributed by atoms with van der Waals surface area (Å²) >= 11 is 1.13. The van der Waals surface area contributed by atoms with E-state index in [4.69, 9.17) is 0 Å². The smallest absolute Gasteiger partial charge is 0.265 e. The fraction of sp³-hybridized carbons (Fsp3) is 0.786. The second-order valence-corrected chi connectivity index (χ2v) is 6.37. The Hall–Kier alpha value is -1.01. The largest absolute Gasteiger partial charge is 0.388 e. The number of hydrogen-bond donors (Lipinski definition) is 2. The second kappa shape index (κ2) is 7.13. The van der Waals surface area contributed by atoms with Crippen molar-refractivity contribution in [3.63, 3.8) is 0 Å². The highest BCUT2D eigenvalue weighted by Gasteiger charge is 2.29. The summed E-state index contributed by atoms with van der Waals surface area (Å²) in [4.78, 5) is 12.8. The van der Waals surface area contributed by atoms with Crippen LogP contribution < -0.4 is 5.32 Å². The molecular formula is C14H23N3O2S. The van der Waals surface area contributed by atoms with Gasteiger partial charge in [-0.15, -0.1) is 5.10 Å². The Bertz CT molecular complexity index is 439. The van der Waals surface area contributed by atoms with Gasteiger partial charge in [-0.05, 0) is 30.8 Å². The molecule has 1 aromatic heterocycles. The molecule has 1 fully saturated rings. The van der Waals surface area contributed by atoms with E-state index >= 15 is 0 Å². The lowest BCUT2D eigenvalue weighted by Gasteiger charge is -2.26. The van der Waals surface area contributed by atoms with Crippen LogP contribution in [0.5, 0.6) is 0 Å². The van der Waals surface area contributed by atoms with Crippen molar-refractivity contribution in [2.45, 2.75) is 63.9 Å². The van der Waals surface area contributed by atoms with E-state index < -0.39 is 5.60 Å². The summed E-state index contributed by atoms with van der Waals surface area (Å²) in [5.74, 6) is -0.152. The van der Waals surface area contributed by atoms with Gasteiger partial charge < -0.3 is 10.4 Å². The van der Waals surface area contributed by atoms with Crippen LogP contribution in [0.25, 0.3) is 0 Å². The molecule has 6 heteroatoms. The molecular weight excluding hydrogens is 274 g/mol. The molecule has 20 heavy (non-hydrogen) atoms. The number of aromatic nitrogens is 2. The molecule has 1 aromatic rings. The van der Waals surface area contributed by atoms with Crippen molar-refractivity contribution >= 4 is 17.4 Å². The van der Waals surface area contributed by atoms with Crippen LogP contribution >= 0.6 is 11.5 Å². The van der Waals surface area contributed by atoms with Crippen molar-refractivity contribution < 1.29 is 9.90 Å². The molecule has 2 rings (SSSR count). The number of aryl methyl sites for hydroxylation is 1. The quantitative estimate of drug-likeness (QED) is 0.818. The van der Waals surface area contributed by atoms with Crippen molar-refractivity contribution in [2.24, 2.45) is 0 Å². The van der Waals surface area contributed by atoms with Crippen molar-refractivity contribution in [1.29, 1.82) is 0 Å². The molecule has 0 unspecified atom stereocenters. The van der Waals surface area contributed by atoms with E-state index in [9.17, 15) is 9.90 Å². The van der Waals surface area contributed by atoms with E-state index in [2.05, 4.69) is 21.8 Å². The van der Waals surface area contributed by atoms with E-state index in [-0.39, 0.29) is 5.91 Å². The fourth-order valence-electron chi connectivity index (χ4n) is 2.67. The summed E-state index contributed by atoms with van der Waals surface area (Å²) in [6.45, 7) is 2.38. The van der Waals surface area contributed by atoms with Crippen molar-refractivity contribution in [3.05, 3.63) is 10.6 Å². The zero-order valence-corrected chi connectivity index (χ0v) is 12.8. The monoisotopic (exact) mass is 297 g/mol. The van der Waals surface area contributed by atoms with E-state index in [1.807, 2.05) is 0 Å². The molecule has 1 saturated carbocycles. The molecule has 5 nitrogen and oxygen atoms in total. The second-order valence-electron chi connectivity index (χ2n) is 5.62. The molecule has 112 valence electrons. The standard InChI is InChI=1S/C14H23N3O2S/c1-2-7-11-12(20-17-16-11)13(18)15-10-14(19)8-5-3-4-6-9-14/h19H,2-10H2,1H3,(H,15,18). The third-order valence-electron chi connectivity index (χ3n) is 3.86. The predicted octanol–water partition coefficient (Wildman–Crippen LogP) is 2.31. The summed E-state index contributed by atoms with van der Waals surface area (Å²) in [7, 11) is 0. The maximum atomic E-state index is 12.2. The minimum atomic E-state index is -0.741. The zero-order chi connectivity index (χ0) is 14.4. The first kappa shape index (κ1) is 15.4. The molecule has 1 heterocycles. The summed E-state index contributed by atoms with van der Waals surface area (Å²) < 4.78 is 3.86. The van der Waals surface area contributed by atoms with Crippen LogP contribution in [0.1, 0.15) is 67.2 Å². The highest BCUT2D eigenvalue weighted by molar-refractivity contribution is 7.08. The number of nitrogens with one attached hydrogen (secondary N) is 1. The SMILES string of the molecule is CCCc1nnsc1C(=O)NCC1(O)CCCCCC1. The number of aliphatic hydroxyl groups is 1. The van der Waals surface area contributed by atoms with Gasteiger partial charge in [0.2, 0.25) is 0 Å². The molecule has 0 radical (unpaired) electrons. The molecule has 1 aliphatic carbocycles. The van der Waals surface area contributed by atoms with Crippen LogP contribution in [0, 0.1) is 0 Å². The minimum absolute atomic E-state index is 0.152. The van der Waals surface area contributed by atoms with E-state index in [0.717, 1.165) is 55.8 Å². The average molecular weight is 297 g/mol. The number of carbonyl (C=O) groups excluding carboxylic acids is 1.